The number of hydrogen-bond acceptors (Lipinski definition) is 3. The smallest absolute Gasteiger partial charge is 0.337 e. The maximum atomic E-state index is 12.2. The van der Waals surface area contributed by atoms with Crippen LogP contribution in [0.2, 0.25) is 0 Å². The molecule has 0 saturated carbocycles. The number of ether oxygens (including phenoxy) is 1. The zero-order chi connectivity index (χ0) is 20.5. The Bertz CT molecular complexity index is 885. The molecule has 0 aliphatic heterocycles. The van der Waals surface area contributed by atoms with Crippen molar-refractivity contribution >= 4 is 28.5 Å². The Morgan fingerprint density at radius 3 is 2.21 bits per heavy atom. The molecule has 0 bridgehead atoms. The van der Waals surface area contributed by atoms with Gasteiger partial charge in [-0.25, -0.2) is 4.79 Å². The molecule has 0 radical (unpaired) electrons. The van der Waals surface area contributed by atoms with E-state index in [0.29, 0.717) is 0 Å². The van der Waals surface area contributed by atoms with Gasteiger partial charge in [-0.3, -0.25) is 0 Å². The van der Waals surface area contributed by atoms with Gasteiger partial charge in [0.15, 0.2) is 6.10 Å². The highest BCUT2D eigenvalue weighted by molar-refractivity contribution is 7.12. The first-order valence-electron chi connectivity index (χ1n) is 9.97. The van der Waals surface area contributed by atoms with Crippen molar-refractivity contribution in [2.45, 2.75) is 72.0 Å². The predicted molar refractivity (Wildman–Crippen MR) is 117 cm³/mol. The van der Waals surface area contributed by atoms with Gasteiger partial charge in [0, 0.05) is 15.3 Å². The Morgan fingerprint density at radius 2 is 1.64 bits per heavy atom. The van der Waals surface area contributed by atoms with Crippen LogP contribution in [0.1, 0.15) is 79.0 Å². The third-order valence-corrected chi connectivity index (χ3v) is 6.19. The quantitative estimate of drug-likeness (QED) is 0.603. The lowest BCUT2D eigenvalue weighted by Crippen LogP contribution is -2.28. The molecule has 1 N–H and O–H groups in total. The molecular weight excluding hydrogens is 368 g/mol. The van der Waals surface area contributed by atoms with Crippen molar-refractivity contribution in [2.24, 2.45) is 0 Å². The summed E-state index contributed by atoms with van der Waals surface area (Å²) in [6.45, 7) is 9.85. The lowest BCUT2D eigenvalue weighted by molar-refractivity contribution is -0.160. The summed E-state index contributed by atoms with van der Waals surface area (Å²) < 4.78 is 6.04. The van der Waals surface area contributed by atoms with Crippen LogP contribution >= 0.6 is 11.3 Å². The molecule has 1 aromatic heterocycles. The van der Waals surface area contributed by atoms with Crippen LogP contribution in [0.4, 0.5) is 0 Å². The minimum atomic E-state index is -0.952. The van der Waals surface area contributed by atoms with E-state index < -0.39 is 17.7 Å². The largest absolute Gasteiger partial charge is 0.479 e. The van der Waals surface area contributed by atoms with Crippen LogP contribution in [0.3, 0.4) is 0 Å². The van der Waals surface area contributed by atoms with Crippen molar-refractivity contribution < 1.29 is 14.6 Å². The highest BCUT2D eigenvalue weighted by Crippen LogP contribution is 2.46. The number of thiophene rings is 1. The summed E-state index contributed by atoms with van der Waals surface area (Å²) >= 11 is 1.68. The van der Waals surface area contributed by atoms with Crippen molar-refractivity contribution in [3.8, 4) is 0 Å². The molecule has 3 rings (SSSR count). The summed E-state index contributed by atoms with van der Waals surface area (Å²) in [5, 5.41) is 9.99. The van der Waals surface area contributed by atoms with Crippen LogP contribution in [0.5, 0.6) is 0 Å². The van der Waals surface area contributed by atoms with Crippen molar-refractivity contribution in [1.29, 1.82) is 0 Å². The van der Waals surface area contributed by atoms with E-state index in [1.54, 1.807) is 11.3 Å². The molecule has 0 saturated heterocycles. The highest BCUT2D eigenvalue weighted by atomic mass is 32.1. The molecule has 2 aromatic rings. The third-order valence-electron chi connectivity index (χ3n) is 5.16. The highest BCUT2D eigenvalue weighted by Gasteiger charge is 2.34. The van der Waals surface area contributed by atoms with E-state index in [-0.39, 0.29) is 0 Å². The number of allylic oxidation sites excluding steroid dienone is 2. The van der Waals surface area contributed by atoms with Crippen LogP contribution in [-0.2, 0) is 9.53 Å². The number of carboxylic acids is 1. The van der Waals surface area contributed by atoms with Crippen molar-refractivity contribution in [1.82, 2.24) is 0 Å². The number of carboxylic acid groups (broad SMARTS) is 1. The normalized spacial score (nSPS) is 16.3. The number of carbonyl (C=O) groups is 1. The maximum Gasteiger partial charge on any atom is 0.337 e. The first kappa shape index (κ1) is 20.8. The summed E-state index contributed by atoms with van der Waals surface area (Å²) in [7, 11) is 0. The first-order chi connectivity index (χ1) is 13.2. The van der Waals surface area contributed by atoms with Gasteiger partial charge >= 0.3 is 5.97 Å². The Balaban J connectivity index is 2.21. The predicted octanol–water partition coefficient (Wildman–Crippen LogP) is 6.79. The van der Waals surface area contributed by atoms with E-state index in [9.17, 15) is 9.90 Å². The fourth-order valence-electron chi connectivity index (χ4n) is 4.12. The second kappa shape index (κ2) is 8.22. The molecule has 1 heterocycles. The number of rotatable bonds is 5. The first-order valence-corrected chi connectivity index (χ1v) is 10.8. The van der Waals surface area contributed by atoms with Crippen LogP contribution < -0.4 is 0 Å². The second-order valence-electron chi connectivity index (χ2n) is 8.48. The van der Waals surface area contributed by atoms with E-state index in [1.165, 1.54) is 28.0 Å². The van der Waals surface area contributed by atoms with E-state index >= 15 is 0 Å². The number of benzene rings is 1. The van der Waals surface area contributed by atoms with Gasteiger partial charge in [0.25, 0.3) is 0 Å². The van der Waals surface area contributed by atoms with Gasteiger partial charge in [0.1, 0.15) is 0 Å². The van der Waals surface area contributed by atoms with Crippen molar-refractivity contribution in [3.63, 3.8) is 0 Å². The maximum absolute atomic E-state index is 12.2. The summed E-state index contributed by atoms with van der Waals surface area (Å²) in [6, 6.07) is 10.5. The fourth-order valence-corrected chi connectivity index (χ4v) is 5.23. The fraction of sp³-hybridized carbons (Fsp3) is 0.458. The van der Waals surface area contributed by atoms with Crippen LogP contribution in [0.25, 0.3) is 11.1 Å². The molecule has 0 amide bonds. The van der Waals surface area contributed by atoms with Crippen LogP contribution in [-0.4, -0.2) is 16.7 Å². The van der Waals surface area contributed by atoms with E-state index in [2.05, 4.69) is 31.2 Å². The van der Waals surface area contributed by atoms with Crippen molar-refractivity contribution in [2.75, 3.05) is 0 Å². The van der Waals surface area contributed by atoms with Crippen LogP contribution in [0, 0.1) is 13.8 Å². The number of hydrogen-bond donors (Lipinski definition) is 1. The SMILES string of the molecule is Cc1sc(C)c(C(OC(C)(C)C)C(=O)O)c1C1=C(c2ccccc2)CCCC1. The monoisotopic (exact) mass is 398 g/mol. The van der Waals surface area contributed by atoms with Gasteiger partial charge < -0.3 is 9.84 Å². The lowest BCUT2D eigenvalue weighted by Gasteiger charge is -2.28. The van der Waals surface area contributed by atoms with Gasteiger partial charge in [-0.1, -0.05) is 30.3 Å². The summed E-state index contributed by atoms with van der Waals surface area (Å²) in [5.41, 5.74) is 5.32. The minimum absolute atomic E-state index is 0.536. The average Bonchev–Trinajstić information content (AvgIpc) is 2.93. The van der Waals surface area contributed by atoms with Gasteiger partial charge in [-0.05, 0) is 82.6 Å². The van der Waals surface area contributed by atoms with Gasteiger partial charge in [0.05, 0.1) is 5.60 Å². The average molecular weight is 399 g/mol. The molecule has 1 aliphatic rings. The van der Waals surface area contributed by atoms with E-state index in [1.807, 2.05) is 33.8 Å². The van der Waals surface area contributed by atoms with Gasteiger partial charge in [0.2, 0.25) is 0 Å². The molecule has 0 fully saturated rings. The van der Waals surface area contributed by atoms with E-state index in [0.717, 1.165) is 35.3 Å². The molecule has 0 spiro atoms. The number of aliphatic carboxylic acids is 1. The zero-order valence-corrected chi connectivity index (χ0v) is 18.3. The standard InChI is InChI=1S/C24H30O3S/c1-15-20(19-14-10-9-13-18(19)17-11-7-6-8-12-17)21(16(2)28-15)22(23(25)26)27-24(3,4)5/h6-8,11-12,22H,9-10,13-14H2,1-5H3,(H,25,26). The Morgan fingerprint density at radius 1 is 1.04 bits per heavy atom. The molecular formula is C24H30O3S. The number of aryl methyl sites for hydroxylation is 2. The minimum Gasteiger partial charge on any atom is -0.479 e. The van der Waals surface area contributed by atoms with Gasteiger partial charge in [-0.15, -0.1) is 11.3 Å². The zero-order valence-electron chi connectivity index (χ0n) is 17.5. The second-order valence-corrected chi connectivity index (χ2v) is 9.91. The summed E-state index contributed by atoms with van der Waals surface area (Å²) in [6.07, 6.45) is 3.37. The molecule has 1 unspecified atom stereocenters. The molecule has 4 heteroatoms. The molecule has 28 heavy (non-hydrogen) atoms. The van der Waals surface area contributed by atoms with Gasteiger partial charge in [-0.2, -0.15) is 0 Å². The lowest BCUT2D eigenvalue weighted by atomic mass is 9.82. The molecule has 1 atom stereocenters. The molecule has 1 aromatic carbocycles. The topological polar surface area (TPSA) is 46.5 Å². The summed E-state index contributed by atoms with van der Waals surface area (Å²) in [4.78, 5) is 14.4. The molecule has 150 valence electrons. The Hall–Kier alpha value is -1.91. The Kier molecular flexibility index (Phi) is 6.11. The Labute approximate surface area is 172 Å². The molecule has 1 aliphatic carbocycles. The third kappa shape index (κ3) is 4.39. The molecule has 3 nitrogen and oxygen atoms in total. The summed E-state index contributed by atoms with van der Waals surface area (Å²) in [5.74, 6) is -0.922. The van der Waals surface area contributed by atoms with Crippen LogP contribution in [0.15, 0.2) is 30.3 Å². The van der Waals surface area contributed by atoms with E-state index in [4.69, 9.17) is 4.74 Å². The van der Waals surface area contributed by atoms with Crippen molar-refractivity contribution in [3.05, 3.63) is 56.8 Å².